The van der Waals surface area contributed by atoms with Crippen LogP contribution in [0.2, 0.25) is 0 Å². The summed E-state index contributed by atoms with van der Waals surface area (Å²) in [5.41, 5.74) is 28.5. The largest absolute Gasteiger partial charge is 0.311 e. The molecule has 4 heteroatoms. The molecule has 0 unspecified atom stereocenters. The van der Waals surface area contributed by atoms with Crippen molar-refractivity contribution >= 4 is 101 Å². The molecule has 104 heavy (non-hydrogen) atoms. The van der Waals surface area contributed by atoms with Crippen LogP contribution < -0.4 is 9.80 Å². The molecule has 0 fully saturated rings. The van der Waals surface area contributed by atoms with E-state index in [9.17, 15) is 0 Å². The number of aromatic nitrogens is 2. The zero-order valence-electron chi connectivity index (χ0n) is 57.7. The molecule has 0 saturated carbocycles. The number of allylic oxidation sites excluding steroid dienone is 1. The van der Waals surface area contributed by atoms with Crippen LogP contribution in [0.4, 0.5) is 34.1 Å². The van der Waals surface area contributed by atoms with Gasteiger partial charge in [-0.05, 0) is 200 Å². The smallest absolute Gasteiger partial charge is 0.0547 e. The number of para-hydroxylation sites is 4. The van der Waals surface area contributed by atoms with Crippen LogP contribution >= 0.6 is 0 Å². The second-order valence-corrected chi connectivity index (χ2v) is 26.8. The predicted octanol–water partition coefficient (Wildman–Crippen LogP) is 27.6. The lowest BCUT2D eigenvalue weighted by Crippen LogP contribution is -2.11. The Balaban J connectivity index is 0.646. The second kappa shape index (κ2) is 27.2. The van der Waals surface area contributed by atoms with Crippen LogP contribution in [0.25, 0.3) is 133 Å². The predicted molar refractivity (Wildman–Crippen MR) is 443 cm³/mol. The molecule has 0 bridgehead atoms. The fourth-order valence-corrected chi connectivity index (χ4v) is 15.6. The zero-order valence-corrected chi connectivity index (χ0v) is 57.7. The standard InChI is InChI=1S/C100H72N4/c1-3-24-90-92-65-78-30-11-13-32-80(78)67-99(92)103(94(90)4-2)96-40-20-16-36-88(96)76-51-61-86(62-52-76)102(95-39-19-15-35-87(95)74-28-9-6-10-29-74)85-57-47-73(48-58-85)77-34-23-25-70(64-77)63-69-43-53-82(54-44-69)101(83-55-45-72(46-56-83)71-26-7-5-8-27-71)84-59-49-75(50-60-84)89-37-17-21-41-97(89)104-98-42-22-18-38-91(98)93-66-79-31-12-14-33-81(79)68-100(93)104/h3-62,64-68H,2,63H2,1H3/b24-3-. The minimum atomic E-state index is 0.782. The van der Waals surface area contributed by atoms with Gasteiger partial charge in [0.15, 0.2) is 0 Å². The average Bonchev–Trinajstić information content (AvgIpc) is 1.58. The van der Waals surface area contributed by atoms with E-state index in [-0.39, 0.29) is 0 Å². The van der Waals surface area contributed by atoms with Gasteiger partial charge < -0.3 is 18.9 Å². The van der Waals surface area contributed by atoms with Crippen LogP contribution in [0.3, 0.4) is 0 Å². The van der Waals surface area contributed by atoms with Crippen LogP contribution in [-0.2, 0) is 6.42 Å². The number of hydrogen-bond donors (Lipinski definition) is 0. The van der Waals surface area contributed by atoms with Crippen molar-refractivity contribution in [3.05, 3.63) is 411 Å². The Bertz CT molecular complexity index is 6240. The highest BCUT2D eigenvalue weighted by molar-refractivity contribution is 6.14. The molecule has 16 aromatic carbocycles. The van der Waals surface area contributed by atoms with Crippen LogP contribution in [0, 0.1) is 0 Å². The van der Waals surface area contributed by atoms with Gasteiger partial charge >= 0.3 is 0 Å². The van der Waals surface area contributed by atoms with Crippen molar-refractivity contribution in [3.8, 4) is 67.0 Å². The summed E-state index contributed by atoms with van der Waals surface area (Å²) >= 11 is 0. The Kier molecular flexibility index (Phi) is 16.4. The lowest BCUT2D eigenvalue weighted by molar-refractivity contribution is 1.11. The summed E-state index contributed by atoms with van der Waals surface area (Å²) in [5, 5.41) is 8.58. The summed E-state index contributed by atoms with van der Waals surface area (Å²) in [6, 6.07) is 138. The first-order valence-electron chi connectivity index (χ1n) is 35.8. The van der Waals surface area contributed by atoms with Crippen molar-refractivity contribution in [2.24, 2.45) is 0 Å². The van der Waals surface area contributed by atoms with Gasteiger partial charge in [0, 0.05) is 66.8 Å². The van der Waals surface area contributed by atoms with Crippen molar-refractivity contribution in [1.82, 2.24) is 9.13 Å². The lowest BCUT2D eigenvalue weighted by atomic mass is 9.98. The molecule has 0 atom stereocenters. The molecular formula is C100H72N4. The highest BCUT2D eigenvalue weighted by Crippen LogP contribution is 2.46. The fraction of sp³-hybridized carbons (Fsp3) is 0.0200. The third-order valence-corrected chi connectivity index (χ3v) is 20.6. The van der Waals surface area contributed by atoms with E-state index in [1.807, 2.05) is 6.08 Å². The van der Waals surface area contributed by atoms with Crippen molar-refractivity contribution in [2.75, 3.05) is 9.80 Å². The van der Waals surface area contributed by atoms with E-state index >= 15 is 0 Å². The Morgan fingerprint density at radius 1 is 0.288 bits per heavy atom. The van der Waals surface area contributed by atoms with E-state index in [0.29, 0.717) is 0 Å². The maximum Gasteiger partial charge on any atom is 0.0547 e. The number of fused-ring (bicyclic) bond motifs is 6. The number of nitrogens with zero attached hydrogens (tertiary/aromatic N) is 4. The van der Waals surface area contributed by atoms with Crippen molar-refractivity contribution < 1.29 is 0 Å². The number of benzene rings is 16. The highest BCUT2D eigenvalue weighted by atomic mass is 15.1. The van der Waals surface area contributed by atoms with Gasteiger partial charge in [-0.1, -0.05) is 286 Å². The van der Waals surface area contributed by atoms with E-state index in [4.69, 9.17) is 0 Å². The van der Waals surface area contributed by atoms with Crippen LogP contribution in [0.1, 0.15) is 29.3 Å². The lowest BCUT2D eigenvalue weighted by Gasteiger charge is -2.28. The molecule has 0 amide bonds. The number of anilines is 6. The van der Waals surface area contributed by atoms with Gasteiger partial charge in [-0.3, -0.25) is 0 Å². The highest BCUT2D eigenvalue weighted by Gasteiger charge is 2.23. The second-order valence-electron chi connectivity index (χ2n) is 26.8. The van der Waals surface area contributed by atoms with E-state index in [2.05, 4.69) is 421 Å². The molecule has 18 aromatic rings. The summed E-state index contributed by atoms with van der Waals surface area (Å²) in [4.78, 5) is 4.78. The molecule has 0 aliphatic carbocycles. The van der Waals surface area contributed by atoms with Gasteiger partial charge in [0.1, 0.15) is 0 Å². The van der Waals surface area contributed by atoms with Crippen molar-refractivity contribution in [2.45, 2.75) is 13.3 Å². The molecule has 0 aliphatic heterocycles. The van der Waals surface area contributed by atoms with E-state index < -0.39 is 0 Å². The molecule has 0 aliphatic rings. The van der Waals surface area contributed by atoms with Gasteiger partial charge in [-0.25, -0.2) is 0 Å². The zero-order chi connectivity index (χ0) is 69.5. The molecule has 2 aromatic heterocycles. The molecule has 4 nitrogen and oxygen atoms in total. The summed E-state index contributed by atoms with van der Waals surface area (Å²) < 4.78 is 4.84. The van der Waals surface area contributed by atoms with Crippen LogP contribution in [-0.4, -0.2) is 9.13 Å². The van der Waals surface area contributed by atoms with Crippen molar-refractivity contribution in [3.63, 3.8) is 0 Å². The van der Waals surface area contributed by atoms with Crippen LogP contribution in [0.15, 0.2) is 389 Å². The Hall–Kier alpha value is -13.5. The van der Waals surface area contributed by atoms with Gasteiger partial charge in [0.2, 0.25) is 0 Å². The van der Waals surface area contributed by atoms with Crippen molar-refractivity contribution in [1.29, 1.82) is 0 Å². The van der Waals surface area contributed by atoms with E-state index in [1.54, 1.807) is 0 Å². The van der Waals surface area contributed by atoms with Gasteiger partial charge in [0.05, 0.1) is 39.3 Å². The number of hydrogen-bond acceptors (Lipinski definition) is 2. The van der Waals surface area contributed by atoms with Gasteiger partial charge in [-0.15, -0.1) is 0 Å². The molecule has 0 saturated heterocycles. The third-order valence-electron chi connectivity index (χ3n) is 20.6. The average molecular weight is 1330 g/mol. The monoisotopic (exact) mass is 1330 g/mol. The first-order chi connectivity index (χ1) is 51.5. The Morgan fingerprint density at radius 2 is 0.702 bits per heavy atom. The first kappa shape index (κ1) is 62.7. The van der Waals surface area contributed by atoms with Gasteiger partial charge in [0.25, 0.3) is 0 Å². The summed E-state index contributed by atoms with van der Waals surface area (Å²) in [7, 11) is 0. The fourth-order valence-electron chi connectivity index (χ4n) is 15.6. The maximum absolute atomic E-state index is 4.38. The quantitative estimate of drug-likeness (QED) is 0.0903. The molecule has 0 radical (unpaired) electrons. The normalized spacial score (nSPS) is 11.5. The molecule has 18 rings (SSSR count). The topological polar surface area (TPSA) is 16.3 Å². The van der Waals surface area contributed by atoms with E-state index in [0.717, 1.165) is 102 Å². The van der Waals surface area contributed by atoms with Crippen LogP contribution in [0.5, 0.6) is 0 Å². The Labute approximate surface area is 607 Å². The van der Waals surface area contributed by atoms with E-state index in [1.165, 1.54) is 82.1 Å². The Morgan fingerprint density at radius 3 is 1.28 bits per heavy atom. The minimum Gasteiger partial charge on any atom is -0.311 e. The maximum atomic E-state index is 4.38. The minimum absolute atomic E-state index is 0.782. The molecular weight excluding hydrogens is 1260 g/mol. The summed E-state index contributed by atoms with van der Waals surface area (Å²) in [5.74, 6) is 0. The molecule has 0 N–H and O–H groups in total. The number of rotatable bonds is 17. The first-order valence-corrected chi connectivity index (χ1v) is 35.8. The summed E-state index contributed by atoms with van der Waals surface area (Å²) in [6.07, 6.45) is 7.12. The van der Waals surface area contributed by atoms with Gasteiger partial charge in [-0.2, -0.15) is 0 Å². The molecule has 492 valence electrons. The molecule has 0 spiro atoms. The SMILES string of the molecule is C=Cc1c(/C=C\C)c2cc3ccccc3cc2n1-c1ccccc1-c1ccc(N(c2ccc(-c3cccc(Cc4ccc(N(c5ccc(-c6ccccc6)cc5)c5ccc(-c6ccccc6-n6c7ccccc7c7cc8ccccc8cc76)cc5)cc4)c3)cc2)c2ccccc2-c2ccccc2)cc1. The molecule has 2 heterocycles. The third kappa shape index (κ3) is 11.6. The summed E-state index contributed by atoms with van der Waals surface area (Å²) in [6.45, 7) is 6.46.